The molecule has 0 heterocycles. The van der Waals surface area contributed by atoms with Crippen molar-refractivity contribution < 1.29 is 70.2 Å². The van der Waals surface area contributed by atoms with E-state index in [1.165, 1.54) is 0 Å². The van der Waals surface area contributed by atoms with Crippen molar-refractivity contribution in [3.05, 3.63) is 0 Å². The monoisotopic (exact) mass is 472 g/mol. The number of hydrogen-bond acceptors (Lipinski definition) is 12. The number of carbonyl (C=O) groups excluding carboxylic acids is 2. The molecule has 0 aromatic carbocycles. The second kappa shape index (κ2) is 13.9. The molecule has 0 saturated heterocycles. The minimum absolute atomic E-state index is 0.106. The number of aliphatic hydroxyl groups excluding tert-OH is 8. The van der Waals surface area contributed by atoms with Crippen LogP contribution in [0, 0.1) is 0 Å². The van der Waals surface area contributed by atoms with Crippen molar-refractivity contribution in [2.75, 3.05) is 13.1 Å². The lowest BCUT2D eigenvalue weighted by Crippen LogP contribution is -2.53. The maximum Gasteiger partial charge on any atom is 0.335 e. The Kier molecular flexibility index (Phi) is 12.8. The van der Waals surface area contributed by atoms with Crippen molar-refractivity contribution in [1.29, 1.82) is 0 Å². The minimum Gasteiger partial charge on any atom is -0.479 e. The van der Waals surface area contributed by atoms with E-state index in [1.807, 2.05) is 0 Å². The first-order valence-corrected chi connectivity index (χ1v) is 9.19. The third kappa shape index (κ3) is 8.97. The number of hydrogen-bond donors (Lipinski definition) is 12. The second-order valence-corrected chi connectivity index (χ2v) is 6.71. The topological polar surface area (TPSA) is 295 Å². The van der Waals surface area contributed by atoms with Crippen molar-refractivity contribution in [2.45, 2.75) is 61.7 Å². The third-order valence-electron chi connectivity index (χ3n) is 4.24. The van der Waals surface area contributed by atoms with Crippen LogP contribution in [0.25, 0.3) is 0 Å². The molecule has 0 spiro atoms. The van der Waals surface area contributed by atoms with Gasteiger partial charge in [0.1, 0.15) is 24.4 Å². The van der Waals surface area contributed by atoms with E-state index in [-0.39, 0.29) is 25.9 Å². The molecule has 12 N–H and O–H groups in total. The smallest absolute Gasteiger partial charge is 0.335 e. The quantitative estimate of drug-likeness (QED) is 0.0986. The maximum atomic E-state index is 11.7. The van der Waals surface area contributed by atoms with E-state index < -0.39 is 72.6 Å². The van der Waals surface area contributed by atoms with Gasteiger partial charge in [0, 0.05) is 13.1 Å². The molecule has 0 bridgehead atoms. The summed E-state index contributed by atoms with van der Waals surface area (Å²) in [6, 6.07) is 0. The van der Waals surface area contributed by atoms with Crippen LogP contribution < -0.4 is 10.6 Å². The van der Waals surface area contributed by atoms with Crippen LogP contribution in [-0.2, 0) is 19.2 Å². The van der Waals surface area contributed by atoms with Crippen LogP contribution in [0.1, 0.15) is 12.8 Å². The normalized spacial score (nSPS) is 18.9. The van der Waals surface area contributed by atoms with Gasteiger partial charge in [0.25, 0.3) is 11.8 Å². The third-order valence-corrected chi connectivity index (χ3v) is 4.24. The fourth-order valence-corrected chi connectivity index (χ4v) is 2.23. The molecule has 0 unspecified atom stereocenters. The van der Waals surface area contributed by atoms with Crippen LogP contribution in [-0.4, -0.2) is 137 Å². The Labute approximate surface area is 180 Å². The number of aliphatic carboxylic acids is 2. The fourth-order valence-electron chi connectivity index (χ4n) is 2.23. The van der Waals surface area contributed by atoms with Gasteiger partial charge < -0.3 is 61.7 Å². The van der Waals surface area contributed by atoms with Crippen LogP contribution >= 0.6 is 0 Å². The SMILES string of the molecule is O=C(NCCCCNC(=O)[C@@H](O)[C@@H](O)[C@H](O)[C@@H](O)C(=O)O)[C@@H](O)[C@@H](O)[C@H](O)[C@@H](O)C(=O)O. The number of carbonyl (C=O) groups is 4. The van der Waals surface area contributed by atoms with Crippen molar-refractivity contribution in [1.82, 2.24) is 10.6 Å². The molecule has 0 aliphatic carbocycles. The first-order valence-electron chi connectivity index (χ1n) is 9.19. The summed E-state index contributed by atoms with van der Waals surface area (Å²) in [5.41, 5.74) is 0. The van der Waals surface area contributed by atoms with Crippen molar-refractivity contribution >= 4 is 23.8 Å². The first kappa shape index (κ1) is 29.6. The molecule has 0 fully saturated rings. The molecular weight excluding hydrogens is 444 g/mol. The summed E-state index contributed by atoms with van der Waals surface area (Å²) in [7, 11) is 0. The van der Waals surface area contributed by atoms with Crippen LogP contribution in [0.5, 0.6) is 0 Å². The Hall–Kier alpha value is -2.44. The lowest BCUT2D eigenvalue weighted by molar-refractivity contribution is -0.166. The van der Waals surface area contributed by atoms with Gasteiger partial charge in [-0.3, -0.25) is 9.59 Å². The minimum atomic E-state index is -2.43. The van der Waals surface area contributed by atoms with Crippen molar-refractivity contribution in [2.24, 2.45) is 0 Å². The summed E-state index contributed by atoms with van der Waals surface area (Å²) < 4.78 is 0. The number of unbranched alkanes of at least 4 members (excludes halogenated alkanes) is 1. The predicted octanol–water partition coefficient (Wildman–Crippen LogP) is -6.94. The average molecular weight is 472 g/mol. The molecule has 8 atom stereocenters. The number of carboxylic acid groups (broad SMARTS) is 2. The molecule has 0 aromatic rings. The molecule has 32 heavy (non-hydrogen) atoms. The summed E-state index contributed by atoms with van der Waals surface area (Å²) in [5.74, 6) is -6.11. The molecule has 0 aliphatic heterocycles. The van der Waals surface area contributed by atoms with Gasteiger partial charge in [-0.25, -0.2) is 9.59 Å². The highest BCUT2D eigenvalue weighted by molar-refractivity contribution is 5.82. The van der Waals surface area contributed by atoms with E-state index in [2.05, 4.69) is 10.6 Å². The Bertz CT molecular complexity index is 592. The van der Waals surface area contributed by atoms with E-state index in [0.29, 0.717) is 0 Å². The summed E-state index contributed by atoms with van der Waals surface area (Å²) in [6.07, 6.45) is -18.3. The highest BCUT2D eigenvalue weighted by atomic mass is 16.4. The van der Waals surface area contributed by atoms with Crippen LogP contribution in [0.2, 0.25) is 0 Å². The molecule has 0 aliphatic rings. The predicted molar refractivity (Wildman–Crippen MR) is 98.6 cm³/mol. The zero-order valence-corrected chi connectivity index (χ0v) is 16.6. The van der Waals surface area contributed by atoms with Crippen molar-refractivity contribution in [3.63, 3.8) is 0 Å². The molecule has 0 radical (unpaired) electrons. The summed E-state index contributed by atoms with van der Waals surface area (Å²) in [6.45, 7) is -0.213. The first-order chi connectivity index (χ1) is 14.7. The van der Waals surface area contributed by atoms with Crippen LogP contribution in [0.4, 0.5) is 0 Å². The lowest BCUT2D eigenvalue weighted by Gasteiger charge is -2.24. The molecule has 0 aromatic heterocycles. The highest BCUT2D eigenvalue weighted by Gasteiger charge is 2.38. The number of nitrogens with one attached hydrogen (secondary N) is 2. The van der Waals surface area contributed by atoms with Crippen molar-refractivity contribution in [3.8, 4) is 0 Å². The van der Waals surface area contributed by atoms with Gasteiger partial charge in [-0.1, -0.05) is 0 Å². The molecule has 0 saturated carbocycles. The van der Waals surface area contributed by atoms with Crippen LogP contribution in [0.3, 0.4) is 0 Å². The van der Waals surface area contributed by atoms with Gasteiger partial charge in [0.15, 0.2) is 24.4 Å². The Balaban J connectivity index is 4.28. The van der Waals surface area contributed by atoms with E-state index in [9.17, 15) is 49.8 Å². The Morgan fingerprint density at radius 2 is 0.750 bits per heavy atom. The average Bonchev–Trinajstić information content (AvgIpc) is 2.76. The van der Waals surface area contributed by atoms with E-state index in [1.54, 1.807) is 0 Å². The van der Waals surface area contributed by atoms with Gasteiger partial charge in [-0.15, -0.1) is 0 Å². The lowest BCUT2D eigenvalue weighted by atomic mass is 10.0. The van der Waals surface area contributed by atoms with E-state index in [0.717, 1.165) is 0 Å². The van der Waals surface area contributed by atoms with Gasteiger partial charge in [0.2, 0.25) is 0 Å². The summed E-state index contributed by atoms with van der Waals surface area (Å²) >= 11 is 0. The number of aliphatic hydroxyl groups is 8. The highest BCUT2D eigenvalue weighted by Crippen LogP contribution is 2.07. The Morgan fingerprint density at radius 3 is 1.00 bits per heavy atom. The summed E-state index contributed by atoms with van der Waals surface area (Å²) in [4.78, 5) is 44.4. The zero-order valence-electron chi connectivity index (χ0n) is 16.6. The molecule has 186 valence electrons. The number of carboxylic acids is 2. The molecule has 0 rings (SSSR count). The Morgan fingerprint density at radius 1 is 0.500 bits per heavy atom. The zero-order chi connectivity index (χ0) is 25.2. The van der Waals surface area contributed by atoms with E-state index >= 15 is 0 Å². The van der Waals surface area contributed by atoms with Crippen LogP contribution in [0.15, 0.2) is 0 Å². The molecule has 2 amide bonds. The molecule has 16 nitrogen and oxygen atoms in total. The van der Waals surface area contributed by atoms with Gasteiger partial charge in [-0.05, 0) is 12.8 Å². The second-order valence-electron chi connectivity index (χ2n) is 6.71. The summed E-state index contributed by atoms with van der Waals surface area (Å²) in [5, 5.41) is 96.5. The van der Waals surface area contributed by atoms with E-state index in [4.69, 9.17) is 20.4 Å². The fraction of sp³-hybridized carbons (Fsp3) is 0.750. The number of amides is 2. The van der Waals surface area contributed by atoms with Gasteiger partial charge in [0.05, 0.1) is 0 Å². The molecule has 16 heteroatoms. The molecular formula is C16H28N2O14. The number of rotatable bonds is 15. The van der Waals surface area contributed by atoms with Gasteiger partial charge in [-0.2, -0.15) is 0 Å². The largest absolute Gasteiger partial charge is 0.479 e. The standard InChI is InChI=1S/C16H28N2O14/c19-5(7(21)11(25)15(29)30)9(23)13(27)17-3-1-2-4-18-14(28)10(24)6(20)8(22)12(26)16(31)32/h5-12,19-26H,1-4H2,(H,17,27)(H,18,28)(H,29,30)(H,31,32)/t5-,6-,7-,8-,9-,10-,11+,12+/m0/s1. The maximum absolute atomic E-state index is 11.7. The van der Waals surface area contributed by atoms with Gasteiger partial charge >= 0.3 is 11.9 Å².